The average Bonchev–Trinajstić information content (AvgIpc) is 3.46. The second-order valence-corrected chi connectivity index (χ2v) is 9.66. The molecule has 168 valence electrons. The number of anilines is 2. The number of methoxy groups -OCH3 is 1. The normalized spacial score (nSPS) is 16.6. The van der Waals surface area contributed by atoms with E-state index < -0.39 is 0 Å². The maximum Gasteiger partial charge on any atom is 0.180 e. The van der Waals surface area contributed by atoms with Crippen LogP contribution < -0.4 is 10.1 Å². The van der Waals surface area contributed by atoms with E-state index in [1.807, 2.05) is 12.1 Å². The zero-order valence-corrected chi connectivity index (χ0v) is 19.4. The van der Waals surface area contributed by atoms with Gasteiger partial charge in [-0.3, -0.25) is 4.90 Å². The summed E-state index contributed by atoms with van der Waals surface area (Å²) >= 11 is 1.66. The van der Waals surface area contributed by atoms with E-state index in [1.54, 1.807) is 18.4 Å². The number of hydrogen-bond donors (Lipinski definition) is 2. The Morgan fingerprint density at radius 1 is 1.16 bits per heavy atom. The van der Waals surface area contributed by atoms with Crippen molar-refractivity contribution in [1.29, 1.82) is 0 Å². The summed E-state index contributed by atoms with van der Waals surface area (Å²) in [4.78, 5) is 9.99. The number of rotatable bonds is 5. The molecule has 0 aliphatic carbocycles. The number of nitrogens with zero attached hydrogens (tertiary/aromatic N) is 6. The van der Waals surface area contributed by atoms with Crippen LogP contribution in [-0.2, 0) is 5.41 Å². The van der Waals surface area contributed by atoms with E-state index in [0.29, 0.717) is 0 Å². The molecule has 0 saturated carbocycles. The van der Waals surface area contributed by atoms with E-state index in [-0.39, 0.29) is 5.41 Å². The van der Waals surface area contributed by atoms with Gasteiger partial charge in [-0.15, -0.1) is 21.5 Å². The molecule has 0 unspecified atom stereocenters. The lowest BCUT2D eigenvalue weighted by atomic mass is 9.88. The number of benzene rings is 1. The number of aliphatic imine (C=N–C) groups is 1. The van der Waals surface area contributed by atoms with Crippen LogP contribution in [-0.4, -0.2) is 76.1 Å². The first-order valence-electron chi connectivity index (χ1n) is 10.9. The van der Waals surface area contributed by atoms with Gasteiger partial charge in [0, 0.05) is 37.0 Å². The number of piperazine rings is 1. The van der Waals surface area contributed by atoms with E-state index in [2.05, 4.69) is 67.1 Å². The van der Waals surface area contributed by atoms with Gasteiger partial charge in [-0.1, -0.05) is 31.2 Å². The van der Waals surface area contributed by atoms with Crippen molar-refractivity contribution in [1.82, 2.24) is 30.4 Å². The Kier molecular flexibility index (Phi) is 5.56. The van der Waals surface area contributed by atoms with Gasteiger partial charge >= 0.3 is 0 Å². The Hall–Kier alpha value is -2.98. The molecule has 0 spiro atoms. The van der Waals surface area contributed by atoms with Crippen molar-refractivity contribution in [2.24, 2.45) is 4.99 Å². The average molecular weight is 453 g/mol. The number of H-pyrrole nitrogens is 1. The Morgan fingerprint density at radius 3 is 2.72 bits per heavy atom. The molecular formula is C22H28N8OS. The number of ether oxygens (including phenoxy) is 1. The van der Waals surface area contributed by atoms with Crippen molar-refractivity contribution in [3.05, 3.63) is 41.0 Å². The van der Waals surface area contributed by atoms with Gasteiger partial charge in [0.2, 0.25) is 0 Å². The van der Waals surface area contributed by atoms with Crippen LogP contribution in [0.4, 0.5) is 16.4 Å². The Labute approximate surface area is 191 Å². The fourth-order valence-corrected chi connectivity index (χ4v) is 5.09. The number of para-hydroxylation sites is 2. The molecule has 9 nitrogen and oxygen atoms in total. The molecule has 0 bridgehead atoms. The number of aromatic amines is 1. The fourth-order valence-electron chi connectivity index (χ4n) is 4.18. The molecule has 4 heterocycles. The van der Waals surface area contributed by atoms with Gasteiger partial charge in [-0.2, -0.15) is 5.21 Å². The zero-order valence-electron chi connectivity index (χ0n) is 18.6. The lowest BCUT2D eigenvalue weighted by Gasteiger charge is -2.37. The number of amidine groups is 1. The number of thiophene rings is 1. The Bertz CT molecular complexity index is 1100. The van der Waals surface area contributed by atoms with E-state index in [0.717, 1.165) is 78.5 Å². The van der Waals surface area contributed by atoms with Gasteiger partial charge in [0.1, 0.15) is 16.6 Å². The predicted molar refractivity (Wildman–Crippen MR) is 127 cm³/mol. The van der Waals surface area contributed by atoms with Gasteiger partial charge in [-0.05, 0) is 25.1 Å². The minimum absolute atomic E-state index is 0.107. The second-order valence-electron chi connectivity index (χ2n) is 8.78. The molecule has 2 aliphatic rings. The molecule has 2 aliphatic heterocycles. The molecular weight excluding hydrogens is 424 g/mol. The molecule has 3 aromatic rings. The monoisotopic (exact) mass is 452 g/mol. The SMILES string of the molecule is COc1csc2c1C(N1CCN(CCC(C)(C)c3nn[nH]n3)CC1)=Nc1ccccc1N2. The van der Waals surface area contributed by atoms with Crippen molar-refractivity contribution in [2.45, 2.75) is 25.7 Å². The van der Waals surface area contributed by atoms with Crippen LogP contribution in [0, 0.1) is 0 Å². The molecule has 0 amide bonds. The largest absolute Gasteiger partial charge is 0.495 e. The summed E-state index contributed by atoms with van der Waals surface area (Å²) < 4.78 is 5.69. The van der Waals surface area contributed by atoms with Crippen molar-refractivity contribution < 1.29 is 4.74 Å². The first-order valence-corrected chi connectivity index (χ1v) is 11.7. The molecule has 1 aromatic carbocycles. The number of fused-ring (bicyclic) bond motifs is 2. The summed E-state index contributed by atoms with van der Waals surface area (Å²) in [5.74, 6) is 2.63. The highest BCUT2D eigenvalue weighted by atomic mass is 32.1. The molecule has 1 fully saturated rings. The number of hydrogen-bond acceptors (Lipinski definition) is 9. The van der Waals surface area contributed by atoms with Gasteiger partial charge < -0.3 is 15.0 Å². The smallest absolute Gasteiger partial charge is 0.180 e. The summed E-state index contributed by atoms with van der Waals surface area (Å²) in [6, 6.07) is 8.19. The van der Waals surface area contributed by atoms with Crippen LogP contribution >= 0.6 is 11.3 Å². The highest BCUT2D eigenvalue weighted by molar-refractivity contribution is 7.15. The van der Waals surface area contributed by atoms with Crippen molar-refractivity contribution in [3.63, 3.8) is 0 Å². The van der Waals surface area contributed by atoms with Gasteiger partial charge in [0.25, 0.3) is 0 Å². The van der Waals surface area contributed by atoms with Crippen LogP contribution in [0.15, 0.2) is 34.6 Å². The van der Waals surface area contributed by atoms with E-state index in [9.17, 15) is 0 Å². The highest BCUT2D eigenvalue weighted by Gasteiger charge is 2.30. The highest BCUT2D eigenvalue weighted by Crippen LogP contribution is 2.42. The summed E-state index contributed by atoms with van der Waals surface area (Å²) in [6.07, 6.45) is 0.979. The van der Waals surface area contributed by atoms with Gasteiger partial charge in [0.05, 0.1) is 24.0 Å². The Balaban J connectivity index is 1.31. The molecule has 10 heteroatoms. The molecule has 5 rings (SSSR count). The third-order valence-electron chi connectivity index (χ3n) is 6.25. The van der Waals surface area contributed by atoms with Gasteiger partial charge in [-0.25, -0.2) is 4.99 Å². The summed E-state index contributed by atoms with van der Waals surface area (Å²) in [5, 5.41) is 21.3. The molecule has 0 atom stereocenters. The third kappa shape index (κ3) is 3.95. The van der Waals surface area contributed by atoms with Crippen molar-refractivity contribution >= 4 is 33.5 Å². The van der Waals surface area contributed by atoms with Crippen LogP contribution in [0.1, 0.15) is 31.7 Å². The minimum Gasteiger partial charge on any atom is -0.495 e. The van der Waals surface area contributed by atoms with Crippen LogP contribution in [0.5, 0.6) is 5.75 Å². The maximum atomic E-state index is 5.69. The predicted octanol–water partition coefficient (Wildman–Crippen LogP) is 3.39. The first kappa shape index (κ1) is 20.9. The summed E-state index contributed by atoms with van der Waals surface area (Å²) in [5.41, 5.74) is 2.93. The lowest BCUT2D eigenvalue weighted by Crippen LogP contribution is -2.49. The number of nitrogens with one attached hydrogen (secondary N) is 2. The van der Waals surface area contributed by atoms with E-state index in [1.165, 1.54) is 0 Å². The summed E-state index contributed by atoms with van der Waals surface area (Å²) in [7, 11) is 1.72. The van der Waals surface area contributed by atoms with E-state index >= 15 is 0 Å². The minimum atomic E-state index is -0.107. The second kappa shape index (κ2) is 8.51. The van der Waals surface area contributed by atoms with Crippen LogP contribution in [0.2, 0.25) is 0 Å². The topological polar surface area (TPSA) is 94.6 Å². The van der Waals surface area contributed by atoms with Crippen molar-refractivity contribution in [3.8, 4) is 5.75 Å². The number of aromatic nitrogens is 4. The van der Waals surface area contributed by atoms with Crippen LogP contribution in [0.25, 0.3) is 0 Å². The molecule has 32 heavy (non-hydrogen) atoms. The molecule has 2 aromatic heterocycles. The quantitative estimate of drug-likeness (QED) is 0.613. The molecule has 1 saturated heterocycles. The fraction of sp³-hybridized carbons (Fsp3) is 0.455. The van der Waals surface area contributed by atoms with Gasteiger partial charge in [0.15, 0.2) is 5.82 Å². The standard InChI is InChI=1S/C22H28N8OS/c1-22(2,21-25-27-28-26-21)8-9-29-10-12-30(13-11-29)19-18-17(31-3)14-32-20(18)24-16-7-5-4-6-15(16)23-19/h4-7,14,24H,8-13H2,1-3H3,(H,25,26,27,28). The third-order valence-corrected chi connectivity index (χ3v) is 7.13. The van der Waals surface area contributed by atoms with Crippen molar-refractivity contribution in [2.75, 3.05) is 45.2 Å². The number of tetrazole rings is 1. The lowest BCUT2D eigenvalue weighted by molar-refractivity contribution is 0.169. The molecule has 2 N–H and O–H groups in total. The first-order chi connectivity index (χ1) is 15.5. The maximum absolute atomic E-state index is 5.69. The zero-order chi connectivity index (χ0) is 22.1. The van der Waals surface area contributed by atoms with E-state index in [4.69, 9.17) is 9.73 Å². The Morgan fingerprint density at radius 2 is 1.97 bits per heavy atom. The molecule has 0 radical (unpaired) electrons. The van der Waals surface area contributed by atoms with Crippen LogP contribution in [0.3, 0.4) is 0 Å². The summed E-state index contributed by atoms with van der Waals surface area (Å²) in [6.45, 7) is 9.15.